The zero-order valence-corrected chi connectivity index (χ0v) is 17.6. The van der Waals surface area contributed by atoms with Gasteiger partial charge in [-0.1, -0.05) is 48.9 Å². The van der Waals surface area contributed by atoms with E-state index in [9.17, 15) is 4.79 Å². The molecule has 0 radical (unpaired) electrons. The fourth-order valence-electron chi connectivity index (χ4n) is 2.54. The van der Waals surface area contributed by atoms with Crippen LogP contribution in [0.5, 0.6) is 11.5 Å². The number of hydrogen-bond donors (Lipinski definition) is 2. The smallest absolute Gasteiger partial charge is 0.253 e. The quantitative estimate of drug-likeness (QED) is 0.475. The molecule has 0 aliphatic rings. The fourth-order valence-corrected chi connectivity index (χ4v) is 2.54. The minimum absolute atomic E-state index is 0.225. The highest BCUT2D eigenvalue weighted by molar-refractivity contribution is 5.96. The van der Waals surface area contributed by atoms with Crippen molar-refractivity contribution in [3.8, 4) is 17.6 Å². The number of nitrogens with two attached hydrogens (primary N) is 1. The molecule has 0 bridgehead atoms. The molecule has 0 spiro atoms. The van der Waals surface area contributed by atoms with Gasteiger partial charge in [-0.05, 0) is 56.2 Å². The van der Waals surface area contributed by atoms with Crippen molar-refractivity contribution in [1.29, 1.82) is 5.26 Å². The lowest BCUT2D eigenvalue weighted by Crippen LogP contribution is -2.25. The van der Waals surface area contributed by atoms with Gasteiger partial charge in [-0.3, -0.25) is 4.79 Å². The lowest BCUT2D eigenvalue weighted by atomic mass is 10.1. The largest absolute Gasteiger partial charge is 0.456 e. The number of nitrogens with zero attached hydrogens (tertiary/aromatic N) is 1. The minimum atomic E-state index is -0.225. The lowest BCUT2D eigenvalue weighted by molar-refractivity contribution is -0.117. The van der Waals surface area contributed by atoms with Crippen molar-refractivity contribution in [2.45, 2.75) is 33.7 Å². The second-order valence-corrected chi connectivity index (χ2v) is 6.86. The van der Waals surface area contributed by atoms with Crippen LogP contribution in [0, 0.1) is 11.3 Å². The van der Waals surface area contributed by atoms with Crippen molar-refractivity contribution in [2.75, 3.05) is 0 Å². The summed E-state index contributed by atoms with van der Waals surface area (Å²) >= 11 is 0. The van der Waals surface area contributed by atoms with Crippen molar-refractivity contribution in [3.63, 3.8) is 0 Å². The van der Waals surface area contributed by atoms with E-state index in [0.29, 0.717) is 34.9 Å². The number of nitrogens with one attached hydrogen (secondary N) is 1. The highest BCUT2D eigenvalue weighted by Gasteiger charge is 2.09. The number of benzene rings is 2. The Hall–Kier alpha value is -3.78. The van der Waals surface area contributed by atoms with E-state index in [-0.39, 0.29) is 5.91 Å². The van der Waals surface area contributed by atoms with Gasteiger partial charge in [0.1, 0.15) is 17.6 Å². The summed E-state index contributed by atoms with van der Waals surface area (Å²) in [6.45, 7) is 6.19. The lowest BCUT2D eigenvalue weighted by Gasteiger charge is -2.10. The Morgan fingerprint density at radius 3 is 2.50 bits per heavy atom. The predicted molar refractivity (Wildman–Crippen MR) is 120 cm³/mol. The molecule has 5 nitrogen and oxygen atoms in total. The number of amides is 1. The first-order valence-corrected chi connectivity index (χ1v) is 9.79. The van der Waals surface area contributed by atoms with Gasteiger partial charge in [0, 0.05) is 12.2 Å². The number of allylic oxidation sites excluding steroid dienone is 4. The predicted octanol–water partition coefficient (Wildman–Crippen LogP) is 5.11. The number of rotatable bonds is 8. The Balaban J connectivity index is 1.99. The van der Waals surface area contributed by atoms with Crippen molar-refractivity contribution in [1.82, 2.24) is 5.32 Å². The first-order chi connectivity index (χ1) is 14.4. The Labute approximate surface area is 178 Å². The number of ether oxygens (including phenoxy) is 1. The van der Waals surface area contributed by atoms with Gasteiger partial charge in [0.25, 0.3) is 5.91 Å². The van der Waals surface area contributed by atoms with Crippen LogP contribution in [0.2, 0.25) is 0 Å². The van der Waals surface area contributed by atoms with E-state index in [1.807, 2.05) is 37.3 Å². The summed E-state index contributed by atoms with van der Waals surface area (Å²) in [5, 5.41) is 12.0. The molecule has 0 heterocycles. The number of para-hydroxylation sites is 1. The van der Waals surface area contributed by atoms with E-state index in [1.165, 1.54) is 5.57 Å². The van der Waals surface area contributed by atoms with E-state index in [0.717, 1.165) is 12.0 Å². The number of carbonyl (C=O) groups excluding carboxylic acids is 1. The van der Waals surface area contributed by atoms with Crippen LogP contribution >= 0.6 is 0 Å². The molecule has 5 heteroatoms. The molecule has 30 heavy (non-hydrogen) atoms. The molecule has 2 rings (SSSR count). The maximum absolute atomic E-state index is 12.5. The molecule has 0 saturated heterocycles. The Morgan fingerprint density at radius 2 is 1.87 bits per heavy atom. The molecule has 0 aliphatic heterocycles. The zero-order valence-electron chi connectivity index (χ0n) is 17.6. The van der Waals surface area contributed by atoms with Gasteiger partial charge < -0.3 is 15.8 Å². The Bertz CT molecular complexity index is 1010. The number of nitriles is 1. The SMILES string of the molecule is CCC(C)=C/C=C\C(C(=O)NCc1ccc(Oc2ccccc2C#N)cc1)=C(/C)N. The highest BCUT2D eigenvalue weighted by Crippen LogP contribution is 2.24. The van der Waals surface area contributed by atoms with E-state index in [4.69, 9.17) is 15.7 Å². The Morgan fingerprint density at radius 1 is 1.17 bits per heavy atom. The Kier molecular flexibility index (Phi) is 8.46. The van der Waals surface area contributed by atoms with Gasteiger partial charge in [-0.15, -0.1) is 0 Å². The van der Waals surface area contributed by atoms with E-state index < -0.39 is 0 Å². The third kappa shape index (κ3) is 6.68. The molecular formula is C25H27N3O2. The summed E-state index contributed by atoms with van der Waals surface area (Å²) < 4.78 is 5.78. The first kappa shape index (κ1) is 22.5. The summed E-state index contributed by atoms with van der Waals surface area (Å²) in [6.07, 6.45) is 6.50. The van der Waals surface area contributed by atoms with Crippen molar-refractivity contribution in [2.24, 2.45) is 5.73 Å². The average molecular weight is 402 g/mol. The van der Waals surface area contributed by atoms with Crippen molar-refractivity contribution < 1.29 is 9.53 Å². The second kappa shape index (κ2) is 11.3. The van der Waals surface area contributed by atoms with Crippen molar-refractivity contribution >= 4 is 5.91 Å². The van der Waals surface area contributed by atoms with Crippen LogP contribution < -0.4 is 15.8 Å². The maximum Gasteiger partial charge on any atom is 0.253 e. The first-order valence-electron chi connectivity index (χ1n) is 9.79. The number of hydrogen-bond acceptors (Lipinski definition) is 4. The molecule has 2 aromatic rings. The van der Waals surface area contributed by atoms with Crippen molar-refractivity contribution in [3.05, 3.63) is 94.7 Å². The van der Waals surface area contributed by atoms with Crippen LogP contribution in [0.25, 0.3) is 0 Å². The van der Waals surface area contributed by atoms with Crippen LogP contribution in [-0.4, -0.2) is 5.91 Å². The molecule has 0 aliphatic carbocycles. The van der Waals surface area contributed by atoms with Gasteiger partial charge in [-0.25, -0.2) is 0 Å². The molecule has 0 saturated carbocycles. The van der Waals surface area contributed by atoms with Crippen LogP contribution in [0.1, 0.15) is 38.3 Å². The van der Waals surface area contributed by atoms with Gasteiger partial charge in [0.05, 0.1) is 11.1 Å². The molecule has 0 fully saturated rings. The van der Waals surface area contributed by atoms with Crippen LogP contribution in [-0.2, 0) is 11.3 Å². The normalized spacial score (nSPS) is 12.3. The molecule has 0 atom stereocenters. The maximum atomic E-state index is 12.5. The molecule has 1 amide bonds. The van der Waals surface area contributed by atoms with Crippen LogP contribution in [0.3, 0.4) is 0 Å². The average Bonchev–Trinajstić information content (AvgIpc) is 2.76. The summed E-state index contributed by atoms with van der Waals surface area (Å²) in [4.78, 5) is 12.5. The fraction of sp³-hybridized carbons (Fsp3) is 0.200. The molecule has 0 aromatic heterocycles. The third-order valence-electron chi connectivity index (χ3n) is 4.48. The molecule has 0 unspecified atom stereocenters. The standard InChI is InChI=1S/C25H27N3O2/c1-4-18(2)8-7-10-23(19(3)27)25(29)28-17-20-12-14-22(15-13-20)30-24-11-6-5-9-21(24)16-26/h5-15H,4,17,27H2,1-3H3,(H,28,29)/b10-7-,18-8?,23-19-. The summed E-state index contributed by atoms with van der Waals surface area (Å²) in [5.74, 6) is 0.901. The zero-order chi connectivity index (χ0) is 21.9. The van der Waals surface area contributed by atoms with Crippen LogP contribution in [0.4, 0.5) is 0 Å². The summed E-state index contributed by atoms with van der Waals surface area (Å²) in [5.41, 5.74) is 9.41. The van der Waals surface area contributed by atoms with Gasteiger partial charge in [-0.2, -0.15) is 5.26 Å². The second-order valence-electron chi connectivity index (χ2n) is 6.86. The summed E-state index contributed by atoms with van der Waals surface area (Å²) in [6, 6.07) is 16.5. The van der Waals surface area contributed by atoms with Crippen LogP contribution in [0.15, 0.2) is 83.6 Å². The van der Waals surface area contributed by atoms with Gasteiger partial charge in [0.15, 0.2) is 0 Å². The minimum Gasteiger partial charge on any atom is -0.456 e. The van der Waals surface area contributed by atoms with E-state index in [2.05, 4.69) is 18.3 Å². The third-order valence-corrected chi connectivity index (χ3v) is 4.48. The molecule has 3 N–H and O–H groups in total. The molecule has 154 valence electrons. The van der Waals surface area contributed by atoms with E-state index in [1.54, 1.807) is 43.3 Å². The monoisotopic (exact) mass is 401 g/mol. The highest BCUT2D eigenvalue weighted by atomic mass is 16.5. The topological polar surface area (TPSA) is 88.1 Å². The number of carbonyl (C=O) groups is 1. The molecular weight excluding hydrogens is 374 g/mol. The van der Waals surface area contributed by atoms with Gasteiger partial charge >= 0.3 is 0 Å². The summed E-state index contributed by atoms with van der Waals surface area (Å²) in [7, 11) is 0. The van der Waals surface area contributed by atoms with Gasteiger partial charge in [0.2, 0.25) is 0 Å². The molecule has 2 aromatic carbocycles. The van der Waals surface area contributed by atoms with E-state index >= 15 is 0 Å².